The highest BCUT2D eigenvalue weighted by atomic mass is 16.5. The second-order valence-corrected chi connectivity index (χ2v) is 6.89. The summed E-state index contributed by atoms with van der Waals surface area (Å²) in [4.78, 5) is 35.8. The summed E-state index contributed by atoms with van der Waals surface area (Å²) < 4.78 is 10.7. The molecule has 146 valence electrons. The Morgan fingerprint density at radius 2 is 1.89 bits per heavy atom. The van der Waals surface area contributed by atoms with E-state index in [0.717, 1.165) is 16.5 Å². The zero-order valence-electron chi connectivity index (χ0n) is 16.2. The molecule has 2 aromatic rings. The number of carbonyl (C=O) groups excluding carboxylic acids is 1. The number of carboxylic acid groups (broad SMARTS) is 1. The number of carbonyl (C=O) groups is 2. The molecule has 2 N–H and O–H groups in total. The molecular formula is C20H25NO6. The van der Waals surface area contributed by atoms with Gasteiger partial charge in [0.15, 0.2) is 0 Å². The molecule has 0 saturated carbocycles. The van der Waals surface area contributed by atoms with Gasteiger partial charge in [-0.05, 0) is 43.9 Å². The molecule has 0 aliphatic heterocycles. The van der Waals surface area contributed by atoms with Crippen molar-refractivity contribution in [2.24, 2.45) is 5.92 Å². The van der Waals surface area contributed by atoms with Gasteiger partial charge in [-0.1, -0.05) is 13.8 Å². The predicted octanol–water partition coefficient (Wildman–Crippen LogP) is 2.58. The number of carboxylic acids is 1. The van der Waals surface area contributed by atoms with E-state index in [1.807, 2.05) is 19.9 Å². The molecule has 0 aliphatic carbocycles. The third kappa shape index (κ3) is 4.30. The first kappa shape index (κ1) is 20.5. The van der Waals surface area contributed by atoms with Crippen LogP contribution in [-0.2, 0) is 16.0 Å². The monoisotopic (exact) mass is 375 g/mol. The number of nitrogens with one attached hydrogen (secondary N) is 1. The third-order valence-electron chi connectivity index (χ3n) is 4.73. The molecule has 0 unspecified atom stereocenters. The van der Waals surface area contributed by atoms with E-state index in [4.69, 9.17) is 14.3 Å². The maximum absolute atomic E-state index is 12.4. The van der Waals surface area contributed by atoms with E-state index in [1.165, 1.54) is 0 Å². The highest BCUT2D eigenvalue weighted by Crippen LogP contribution is 2.29. The van der Waals surface area contributed by atoms with Gasteiger partial charge in [0.25, 0.3) is 0 Å². The largest absolute Gasteiger partial charge is 0.496 e. The molecule has 1 atom stereocenters. The minimum absolute atomic E-state index is 0.00272. The molecule has 0 saturated heterocycles. The summed E-state index contributed by atoms with van der Waals surface area (Å²) in [7, 11) is 1.55. The molecule has 2 rings (SSSR count). The van der Waals surface area contributed by atoms with Crippen LogP contribution in [0.15, 0.2) is 21.3 Å². The van der Waals surface area contributed by atoms with Gasteiger partial charge in [-0.25, -0.2) is 9.59 Å². The summed E-state index contributed by atoms with van der Waals surface area (Å²) in [5.74, 6) is -1.10. The van der Waals surface area contributed by atoms with Crippen LogP contribution in [-0.4, -0.2) is 30.1 Å². The van der Waals surface area contributed by atoms with E-state index < -0.39 is 23.5 Å². The second kappa shape index (κ2) is 8.24. The first-order valence-corrected chi connectivity index (χ1v) is 8.79. The number of fused-ring (bicyclic) bond motifs is 1. The lowest BCUT2D eigenvalue weighted by atomic mass is 9.99. The number of hydrogen-bond donors (Lipinski definition) is 2. The summed E-state index contributed by atoms with van der Waals surface area (Å²) in [6, 6.07) is 2.67. The van der Waals surface area contributed by atoms with Crippen LogP contribution < -0.4 is 15.7 Å². The van der Waals surface area contributed by atoms with Crippen molar-refractivity contribution < 1.29 is 23.8 Å². The molecule has 7 nitrogen and oxygen atoms in total. The van der Waals surface area contributed by atoms with Crippen molar-refractivity contribution in [2.45, 2.75) is 46.6 Å². The zero-order valence-corrected chi connectivity index (χ0v) is 16.2. The third-order valence-corrected chi connectivity index (χ3v) is 4.73. The van der Waals surface area contributed by atoms with Gasteiger partial charge in [0.05, 0.1) is 7.11 Å². The Hall–Kier alpha value is -2.83. The van der Waals surface area contributed by atoms with Gasteiger partial charge in [-0.3, -0.25) is 4.79 Å². The average molecular weight is 375 g/mol. The molecule has 1 aromatic heterocycles. The SMILES string of the molecule is COc1ccc2c(C)c(CCC(=O)N[C@@H](C(=O)O)C(C)C)c(=O)oc2c1C. The van der Waals surface area contributed by atoms with E-state index in [-0.39, 0.29) is 18.8 Å². The summed E-state index contributed by atoms with van der Waals surface area (Å²) in [5, 5.41) is 12.4. The molecule has 0 spiro atoms. The van der Waals surface area contributed by atoms with E-state index in [0.29, 0.717) is 16.9 Å². The number of aryl methyl sites for hydroxylation is 2. The van der Waals surface area contributed by atoms with Crippen LogP contribution in [0.3, 0.4) is 0 Å². The summed E-state index contributed by atoms with van der Waals surface area (Å²) in [6.45, 7) is 7.07. The fourth-order valence-corrected chi connectivity index (χ4v) is 3.08. The molecule has 27 heavy (non-hydrogen) atoms. The van der Waals surface area contributed by atoms with Gasteiger partial charge in [-0.15, -0.1) is 0 Å². The fourth-order valence-electron chi connectivity index (χ4n) is 3.08. The number of benzene rings is 1. The van der Waals surface area contributed by atoms with Gasteiger partial charge in [-0.2, -0.15) is 0 Å². The molecule has 0 bridgehead atoms. The molecule has 7 heteroatoms. The second-order valence-electron chi connectivity index (χ2n) is 6.89. The lowest BCUT2D eigenvalue weighted by Gasteiger charge is -2.18. The number of rotatable bonds is 7. The van der Waals surface area contributed by atoms with Crippen LogP contribution in [0.2, 0.25) is 0 Å². The van der Waals surface area contributed by atoms with E-state index >= 15 is 0 Å². The number of amides is 1. The summed E-state index contributed by atoms with van der Waals surface area (Å²) in [6.07, 6.45) is 0.175. The van der Waals surface area contributed by atoms with Crippen molar-refractivity contribution >= 4 is 22.8 Å². The molecule has 0 aliphatic rings. The number of ether oxygens (including phenoxy) is 1. The lowest BCUT2D eigenvalue weighted by Crippen LogP contribution is -2.44. The quantitative estimate of drug-likeness (QED) is 0.721. The smallest absolute Gasteiger partial charge is 0.339 e. The van der Waals surface area contributed by atoms with Crippen molar-refractivity contribution in [3.05, 3.63) is 39.2 Å². The van der Waals surface area contributed by atoms with Gasteiger partial charge >= 0.3 is 11.6 Å². The summed E-state index contributed by atoms with van der Waals surface area (Å²) in [5.41, 5.74) is 1.87. The maximum atomic E-state index is 12.4. The van der Waals surface area contributed by atoms with E-state index in [9.17, 15) is 14.4 Å². The number of aliphatic carboxylic acids is 1. The Labute approximate surface area is 157 Å². The van der Waals surface area contributed by atoms with Gasteiger partial charge in [0.1, 0.15) is 17.4 Å². The molecule has 1 amide bonds. The van der Waals surface area contributed by atoms with Gasteiger partial charge in [0, 0.05) is 22.9 Å². The van der Waals surface area contributed by atoms with Gasteiger partial charge < -0.3 is 19.6 Å². The number of methoxy groups -OCH3 is 1. The molecular weight excluding hydrogens is 350 g/mol. The van der Waals surface area contributed by atoms with Crippen molar-refractivity contribution in [3.8, 4) is 5.75 Å². The molecule has 1 heterocycles. The van der Waals surface area contributed by atoms with Crippen LogP contribution in [0.4, 0.5) is 0 Å². The van der Waals surface area contributed by atoms with Crippen molar-refractivity contribution in [1.82, 2.24) is 5.32 Å². The lowest BCUT2D eigenvalue weighted by molar-refractivity contribution is -0.143. The maximum Gasteiger partial charge on any atom is 0.339 e. The number of hydrogen-bond acceptors (Lipinski definition) is 5. The van der Waals surface area contributed by atoms with Crippen LogP contribution in [0.1, 0.15) is 37.0 Å². The van der Waals surface area contributed by atoms with Crippen LogP contribution in [0.25, 0.3) is 11.0 Å². The Kier molecular flexibility index (Phi) is 6.25. The van der Waals surface area contributed by atoms with Crippen LogP contribution in [0.5, 0.6) is 5.75 Å². The topological polar surface area (TPSA) is 106 Å². The molecule has 0 fully saturated rings. The average Bonchev–Trinajstić information content (AvgIpc) is 2.60. The van der Waals surface area contributed by atoms with E-state index in [2.05, 4.69) is 5.32 Å². The normalized spacial score (nSPS) is 12.2. The Morgan fingerprint density at radius 1 is 1.22 bits per heavy atom. The predicted molar refractivity (Wildman–Crippen MR) is 101 cm³/mol. The van der Waals surface area contributed by atoms with E-state index in [1.54, 1.807) is 27.0 Å². The Balaban J connectivity index is 2.26. The molecule has 0 radical (unpaired) electrons. The van der Waals surface area contributed by atoms with Crippen LogP contribution >= 0.6 is 0 Å². The van der Waals surface area contributed by atoms with Crippen molar-refractivity contribution in [1.29, 1.82) is 0 Å². The Morgan fingerprint density at radius 3 is 2.44 bits per heavy atom. The highest BCUT2D eigenvalue weighted by molar-refractivity contribution is 5.86. The highest BCUT2D eigenvalue weighted by Gasteiger charge is 2.23. The first-order chi connectivity index (χ1) is 12.7. The van der Waals surface area contributed by atoms with Gasteiger partial charge in [0.2, 0.25) is 5.91 Å². The fraction of sp³-hybridized carbons (Fsp3) is 0.450. The zero-order chi connectivity index (χ0) is 20.3. The molecule has 1 aromatic carbocycles. The Bertz CT molecular complexity index is 928. The minimum atomic E-state index is -1.08. The first-order valence-electron chi connectivity index (χ1n) is 8.79. The van der Waals surface area contributed by atoms with Crippen LogP contribution in [0, 0.1) is 19.8 Å². The summed E-state index contributed by atoms with van der Waals surface area (Å²) >= 11 is 0. The van der Waals surface area contributed by atoms with Crippen molar-refractivity contribution in [2.75, 3.05) is 7.11 Å². The standard InChI is InChI=1S/C20H25NO6/c1-10(2)17(19(23)24)21-16(22)9-7-14-11(3)13-6-8-15(26-5)12(4)18(13)27-20(14)25/h6,8,10,17H,7,9H2,1-5H3,(H,21,22)(H,23,24)/t17-/m1/s1. The van der Waals surface area contributed by atoms with Crippen molar-refractivity contribution in [3.63, 3.8) is 0 Å². The minimum Gasteiger partial charge on any atom is -0.496 e.